The molecular formula is C14H26N4O. The van der Waals surface area contributed by atoms with Gasteiger partial charge in [-0.15, -0.1) is 0 Å². The van der Waals surface area contributed by atoms with Crippen molar-refractivity contribution >= 4 is 12.1 Å². The minimum atomic E-state index is -0.109. The zero-order valence-electron chi connectivity index (χ0n) is 12.4. The number of amidine groups is 1. The zero-order valence-corrected chi connectivity index (χ0v) is 12.4. The number of nitrogens with zero attached hydrogens (tertiary/aromatic N) is 2. The van der Waals surface area contributed by atoms with Crippen LogP contribution in [0.4, 0.5) is 0 Å². The zero-order chi connectivity index (χ0) is 14.4. The Hall–Kier alpha value is -1.36. The largest absolute Gasteiger partial charge is 0.404 e. The lowest BCUT2D eigenvalue weighted by atomic mass is 10.1. The van der Waals surface area contributed by atoms with Crippen LogP contribution in [0.1, 0.15) is 34.1 Å². The molecule has 0 saturated carbocycles. The summed E-state index contributed by atoms with van der Waals surface area (Å²) in [5, 5.41) is 7.75. The Morgan fingerprint density at radius 1 is 1.58 bits per heavy atom. The smallest absolute Gasteiger partial charge is 0.103 e. The maximum Gasteiger partial charge on any atom is 0.103 e. The Morgan fingerprint density at radius 2 is 2.26 bits per heavy atom. The average Bonchev–Trinajstić information content (AvgIpc) is 2.38. The highest BCUT2D eigenvalue weighted by molar-refractivity contribution is 5.81. The molecule has 1 fully saturated rings. The molecule has 1 unspecified atom stereocenters. The van der Waals surface area contributed by atoms with Crippen LogP contribution in [0.15, 0.2) is 16.8 Å². The van der Waals surface area contributed by atoms with Crippen LogP contribution in [-0.4, -0.2) is 48.3 Å². The highest BCUT2D eigenvalue weighted by Gasteiger charge is 2.27. The third kappa shape index (κ3) is 4.67. The number of aliphatic imine (C=N–C) groups is 1. The minimum Gasteiger partial charge on any atom is -0.404 e. The van der Waals surface area contributed by atoms with E-state index in [9.17, 15) is 0 Å². The predicted molar refractivity (Wildman–Crippen MR) is 79.8 cm³/mol. The number of nitrogens with one attached hydrogen (secondary N) is 1. The van der Waals surface area contributed by atoms with Gasteiger partial charge in [0.2, 0.25) is 0 Å². The monoisotopic (exact) mass is 266 g/mol. The summed E-state index contributed by atoms with van der Waals surface area (Å²) in [5.41, 5.74) is 6.58. The summed E-state index contributed by atoms with van der Waals surface area (Å²) in [6.07, 6.45) is 4.36. The normalized spacial score (nSPS) is 26.7. The summed E-state index contributed by atoms with van der Waals surface area (Å²) in [4.78, 5) is 6.47. The molecule has 19 heavy (non-hydrogen) atoms. The first-order chi connectivity index (χ1) is 8.97. The molecule has 0 aromatic rings. The molecular weight excluding hydrogens is 240 g/mol. The molecule has 3 N–H and O–H groups in total. The number of morpholine rings is 1. The van der Waals surface area contributed by atoms with Gasteiger partial charge in [-0.2, -0.15) is 0 Å². The first-order valence-electron chi connectivity index (χ1n) is 6.88. The van der Waals surface area contributed by atoms with Gasteiger partial charge in [-0.1, -0.05) is 6.92 Å². The number of rotatable bonds is 4. The fourth-order valence-electron chi connectivity index (χ4n) is 1.96. The molecule has 1 heterocycles. The van der Waals surface area contributed by atoms with Crippen molar-refractivity contribution in [1.82, 2.24) is 4.90 Å². The molecule has 3 atom stereocenters. The molecule has 0 aromatic carbocycles. The van der Waals surface area contributed by atoms with E-state index >= 15 is 0 Å². The van der Waals surface area contributed by atoms with E-state index < -0.39 is 0 Å². The number of nitrogens with two attached hydrogens (primary N) is 1. The fourth-order valence-corrected chi connectivity index (χ4v) is 1.96. The van der Waals surface area contributed by atoms with Crippen molar-refractivity contribution in [2.24, 2.45) is 10.7 Å². The first kappa shape index (κ1) is 15.7. The van der Waals surface area contributed by atoms with E-state index in [4.69, 9.17) is 15.9 Å². The summed E-state index contributed by atoms with van der Waals surface area (Å²) in [7, 11) is 0. The maximum atomic E-state index is 7.75. The average molecular weight is 266 g/mol. The highest BCUT2D eigenvalue weighted by Crippen LogP contribution is 2.16. The quantitative estimate of drug-likeness (QED) is 0.601. The molecule has 0 spiro atoms. The van der Waals surface area contributed by atoms with Gasteiger partial charge in [-0.3, -0.25) is 10.4 Å². The van der Waals surface area contributed by atoms with E-state index in [-0.39, 0.29) is 18.2 Å². The second-order valence-electron chi connectivity index (χ2n) is 5.13. The van der Waals surface area contributed by atoms with E-state index in [0.717, 1.165) is 18.5 Å². The molecule has 5 nitrogen and oxygen atoms in total. The Labute approximate surface area is 116 Å². The van der Waals surface area contributed by atoms with Crippen molar-refractivity contribution in [1.29, 1.82) is 5.41 Å². The second kappa shape index (κ2) is 7.28. The van der Waals surface area contributed by atoms with Crippen molar-refractivity contribution in [2.75, 3.05) is 13.1 Å². The molecule has 0 radical (unpaired) electrons. The highest BCUT2D eigenvalue weighted by atomic mass is 16.5. The maximum absolute atomic E-state index is 7.75. The van der Waals surface area contributed by atoms with Gasteiger partial charge in [-0.25, -0.2) is 0 Å². The standard InChI is InChI=1S/C14H26N4O/c1-5-10(2)17-7-13(6-15)14-9-18(12(4)16)8-11(3)19-14/h6-7,10-11,14,16H,5,8-9,15H2,1-4H3/b13-6+,16-12?,17-7?/t10?,11-,14-/m0/s1. The lowest BCUT2D eigenvalue weighted by Gasteiger charge is -2.37. The molecule has 5 heteroatoms. The van der Waals surface area contributed by atoms with Gasteiger partial charge in [0.25, 0.3) is 0 Å². The van der Waals surface area contributed by atoms with Gasteiger partial charge >= 0.3 is 0 Å². The van der Waals surface area contributed by atoms with Crippen LogP contribution in [0, 0.1) is 5.41 Å². The van der Waals surface area contributed by atoms with E-state index in [1.807, 2.05) is 18.0 Å². The van der Waals surface area contributed by atoms with Gasteiger partial charge in [0.1, 0.15) is 6.10 Å². The van der Waals surface area contributed by atoms with E-state index in [2.05, 4.69) is 18.8 Å². The molecule has 1 rings (SSSR count). The molecule has 1 aliphatic heterocycles. The summed E-state index contributed by atoms with van der Waals surface area (Å²) < 4.78 is 5.91. The third-order valence-corrected chi connectivity index (χ3v) is 3.37. The van der Waals surface area contributed by atoms with Gasteiger partial charge in [-0.05, 0) is 27.2 Å². The third-order valence-electron chi connectivity index (χ3n) is 3.37. The van der Waals surface area contributed by atoms with Crippen LogP contribution in [0.5, 0.6) is 0 Å². The van der Waals surface area contributed by atoms with Crippen LogP contribution in [0.2, 0.25) is 0 Å². The Balaban J connectivity index is 2.75. The number of hydrogen-bond acceptors (Lipinski definition) is 4. The van der Waals surface area contributed by atoms with E-state index in [0.29, 0.717) is 12.4 Å². The molecule has 108 valence electrons. The summed E-state index contributed by atoms with van der Waals surface area (Å²) in [6, 6.07) is 0.288. The number of hydrogen-bond donors (Lipinski definition) is 2. The molecule has 0 bridgehead atoms. The summed E-state index contributed by atoms with van der Waals surface area (Å²) >= 11 is 0. The second-order valence-corrected chi connectivity index (χ2v) is 5.13. The Kier molecular flexibility index (Phi) is 6.02. The van der Waals surface area contributed by atoms with Crippen LogP contribution >= 0.6 is 0 Å². The Bertz CT molecular complexity index is 364. The van der Waals surface area contributed by atoms with Gasteiger partial charge in [0, 0.05) is 37.1 Å². The van der Waals surface area contributed by atoms with E-state index in [1.54, 1.807) is 13.1 Å². The van der Waals surface area contributed by atoms with Crippen molar-refractivity contribution in [3.63, 3.8) is 0 Å². The molecule has 1 aliphatic rings. The van der Waals surface area contributed by atoms with Crippen molar-refractivity contribution in [3.8, 4) is 0 Å². The number of ether oxygens (including phenoxy) is 1. The first-order valence-corrected chi connectivity index (χ1v) is 6.88. The van der Waals surface area contributed by atoms with Crippen molar-refractivity contribution in [3.05, 3.63) is 11.8 Å². The molecule has 1 saturated heterocycles. The SMILES string of the molecule is CCC(C)N=C/C(=C\N)[C@@H]1CN(C(C)=N)C[C@H](C)O1. The topological polar surface area (TPSA) is 74.7 Å². The summed E-state index contributed by atoms with van der Waals surface area (Å²) in [6.45, 7) is 9.41. The predicted octanol–water partition coefficient (Wildman–Crippen LogP) is 1.78. The fraction of sp³-hybridized carbons (Fsp3) is 0.714. The van der Waals surface area contributed by atoms with Crippen LogP contribution in [0.3, 0.4) is 0 Å². The van der Waals surface area contributed by atoms with Crippen molar-refractivity contribution < 1.29 is 4.74 Å². The van der Waals surface area contributed by atoms with Crippen LogP contribution < -0.4 is 5.73 Å². The lowest BCUT2D eigenvalue weighted by molar-refractivity contribution is -0.0371. The van der Waals surface area contributed by atoms with E-state index in [1.165, 1.54) is 0 Å². The van der Waals surface area contributed by atoms with Crippen LogP contribution in [-0.2, 0) is 4.74 Å². The lowest BCUT2D eigenvalue weighted by Crippen LogP contribution is -2.49. The van der Waals surface area contributed by atoms with Crippen LogP contribution in [0.25, 0.3) is 0 Å². The van der Waals surface area contributed by atoms with Gasteiger partial charge < -0.3 is 15.4 Å². The van der Waals surface area contributed by atoms with Gasteiger partial charge in [0.05, 0.1) is 11.9 Å². The molecule has 0 amide bonds. The minimum absolute atomic E-state index is 0.0889. The van der Waals surface area contributed by atoms with Crippen molar-refractivity contribution in [2.45, 2.75) is 52.4 Å². The molecule has 0 aromatic heterocycles. The van der Waals surface area contributed by atoms with Gasteiger partial charge in [0.15, 0.2) is 0 Å². The Morgan fingerprint density at radius 3 is 2.79 bits per heavy atom. The summed E-state index contributed by atoms with van der Waals surface area (Å²) in [5.74, 6) is 0.565. The molecule has 0 aliphatic carbocycles.